The Hall–Kier alpha value is -1.38. The first-order valence-electron chi connectivity index (χ1n) is 6.47. The quantitative estimate of drug-likeness (QED) is 0.735. The van der Waals surface area contributed by atoms with Crippen LogP contribution >= 0.6 is 0 Å². The largest absolute Gasteiger partial charge is 0.337 e. The van der Waals surface area contributed by atoms with Gasteiger partial charge in [0.2, 0.25) is 0 Å². The van der Waals surface area contributed by atoms with E-state index in [4.69, 9.17) is 0 Å². The van der Waals surface area contributed by atoms with E-state index in [1.54, 1.807) is 12.3 Å². The lowest BCUT2D eigenvalue weighted by Gasteiger charge is -2.26. The summed E-state index contributed by atoms with van der Waals surface area (Å²) >= 11 is 0. The van der Waals surface area contributed by atoms with E-state index in [1.807, 2.05) is 24.1 Å². The Morgan fingerprint density at radius 1 is 1.24 bits per heavy atom. The highest BCUT2D eigenvalue weighted by Gasteiger charge is 2.22. The van der Waals surface area contributed by atoms with Gasteiger partial charge < -0.3 is 4.90 Å². The summed E-state index contributed by atoms with van der Waals surface area (Å²) in [5.74, 6) is 0.0532. The van der Waals surface area contributed by atoms with Crippen LogP contribution in [-0.4, -0.2) is 28.9 Å². The van der Waals surface area contributed by atoms with Gasteiger partial charge in [0.1, 0.15) is 5.69 Å². The molecule has 1 heterocycles. The Bertz CT molecular complexity index is 356. The molecule has 1 amide bonds. The highest BCUT2D eigenvalue weighted by atomic mass is 16.2. The predicted molar refractivity (Wildman–Crippen MR) is 67.8 cm³/mol. The number of nitrogens with zero attached hydrogens (tertiary/aromatic N) is 2. The van der Waals surface area contributed by atoms with Gasteiger partial charge in [-0.3, -0.25) is 9.78 Å². The summed E-state index contributed by atoms with van der Waals surface area (Å²) in [6.45, 7) is 0. The molecule has 3 heteroatoms. The maximum Gasteiger partial charge on any atom is 0.272 e. The molecule has 1 aromatic rings. The van der Waals surface area contributed by atoms with Gasteiger partial charge in [-0.1, -0.05) is 31.7 Å². The molecule has 0 unspecified atom stereocenters. The number of amides is 1. The van der Waals surface area contributed by atoms with Crippen LogP contribution < -0.4 is 0 Å². The zero-order valence-electron chi connectivity index (χ0n) is 10.4. The third-order valence-electron chi connectivity index (χ3n) is 3.58. The Kier molecular flexibility index (Phi) is 4.13. The number of hydrogen-bond acceptors (Lipinski definition) is 2. The molecule has 1 aliphatic carbocycles. The van der Waals surface area contributed by atoms with E-state index in [2.05, 4.69) is 4.98 Å². The topological polar surface area (TPSA) is 33.2 Å². The molecule has 17 heavy (non-hydrogen) atoms. The minimum Gasteiger partial charge on any atom is -0.337 e. The standard InChI is InChI=1S/C14H20N2O/c1-16(12-8-4-2-3-5-9-12)14(17)13-10-6-7-11-15-13/h6-7,10-12H,2-5,8-9H2,1H3. The lowest BCUT2D eigenvalue weighted by atomic mass is 10.1. The summed E-state index contributed by atoms with van der Waals surface area (Å²) in [6, 6.07) is 5.88. The lowest BCUT2D eigenvalue weighted by Crippen LogP contribution is -2.37. The maximum atomic E-state index is 12.2. The molecule has 0 spiro atoms. The molecule has 0 radical (unpaired) electrons. The molecule has 0 saturated heterocycles. The number of carbonyl (C=O) groups is 1. The molecule has 0 N–H and O–H groups in total. The van der Waals surface area contributed by atoms with Crippen molar-refractivity contribution in [2.24, 2.45) is 0 Å². The van der Waals surface area contributed by atoms with E-state index in [1.165, 1.54) is 25.7 Å². The molecule has 3 nitrogen and oxygen atoms in total. The average molecular weight is 232 g/mol. The fourth-order valence-corrected chi connectivity index (χ4v) is 2.48. The van der Waals surface area contributed by atoms with Crippen LogP contribution in [0.25, 0.3) is 0 Å². The molecule has 1 aromatic heterocycles. The Balaban J connectivity index is 2.03. The predicted octanol–water partition coefficient (Wildman–Crippen LogP) is 2.88. The maximum absolute atomic E-state index is 12.2. The molecule has 1 aliphatic rings. The number of pyridine rings is 1. The number of carbonyl (C=O) groups excluding carboxylic acids is 1. The van der Waals surface area contributed by atoms with Gasteiger partial charge >= 0.3 is 0 Å². The summed E-state index contributed by atoms with van der Waals surface area (Å²) in [5.41, 5.74) is 0.555. The zero-order valence-corrected chi connectivity index (χ0v) is 10.4. The fourth-order valence-electron chi connectivity index (χ4n) is 2.48. The fraction of sp³-hybridized carbons (Fsp3) is 0.571. The minimum absolute atomic E-state index is 0.0532. The molecule has 92 valence electrons. The normalized spacial score (nSPS) is 17.5. The Morgan fingerprint density at radius 3 is 2.53 bits per heavy atom. The van der Waals surface area contributed by atoms with Crippen LogP contribution in [0, 0.1) is 0 Å². The first kappa shape index (κ1) is 12.1. The Labute approximate surface area is 103 Å². The summed E-state index contributed by atoms with van der Waals surface area (Å²) in [5, 5.41) is 0. The second-order valence-corrected chi connectivity index (χ2v) is 4.78. The monoisotopic (exact) mass is 232 g/mol. The van der Waals surface area contributed by atoms with E-state index >= 15 is 0 Å². The zero-order chi connectivity index (χ0) is 12.1. The first-order chi connectivity index (χ1) is 8.29. The molecule has 2 rings (SSSR count). The van der Waals surface area contributed by atoms with Crippen molar-refractivity contribution < 1.29 is 4.79 Å². The molecular formula is C14H20N2O. The van der Waals surface area contributed by atoms with Crippen LogP contribution in [0.5, 0.6) is 0 Å². The van der Waals surface area contributed by atoms with E-state index in [0.29, 0.717) is 11.7 Å². The van der Waals surface area contributed by atoms with Gasteiger partial charge in [0.05, 0.1) is 0 Å². The van der Waals surface area contributed by atoms with Crippen LogP contribution in [0.4, 0.5) is 0 Å². The van der Waals surface area contributed by atoms with Crippen LogP contribution in [0.2, 0.25) is 0 Å². The van der Waals surface area contributed by atoms with Crippen molar-refractivity contribution >= 4 is 5.91 Å². The van der Waals surface area contributed by atoms with Gasteiger partial charge in [-0.05, 0) is 25.0 Å². The number of rotatable bonds is 2. The van der Waals surface area contributed by atoms with Gasteiger partial charge in [-0.15, -0.1) is 0 Å². The van der Waals surface area contributed by atoms with Crippen molar-refractivity contribution in [1.82, 2.24) is 9.88 Å². The highest BCUT2D eigenvalue weighted by molar-refractivity contribution is 5.92. The minimum atomic E-state index is 0.0532. The number of aromatic nitrogens is 1. The third kappa shape index (κ3) is 3.05. The molecule has 0 bridgehead atoms. The SMILES string of the molecule is CN(C(=O)c1ccccn1)C1CCCCCC1. The van der Waals surface area contributed by atoms with E-state index < -0.39 is 0 Å². The van der Waals surface area contributed by atoms with Crippen LogP contribution in [-0.2, 0) is 0 Å². The van der Waals surface area contributed by atoms with Gasteiger partial charge in [0.15, 0.2) is 0 Å². The summed E-state index contributed by atoms with van der Waals surface area (Å²) in [7, 11) is 1.91. The van der Waals surface area contributed by atoms with Crippen molar-refractivity contribution in [3.05, 3.63) is 30.1 Å². The summed E-state index contributed by atoms with van der Waals surface area (Å²) < 4.78 is 0. The number of hydrogen-bond donors (Lipinski definition) is 0. The van der Waals surface area contributed by atoms with E-state index in [9.17, 15) is 4.79 Å². The average Bonchev–Trinajstić information content (AvgIpc) is 2.67. The molecule has 1 saturated carbocycles. The van der Waals surface area contributed by atoms with E-state index in [-0.39, 0.29) is 5.91 Å². The van der Waals surface area contributed by atoms with Gasteiger partial charge in [0.25, 0.3) is 5.91 Å². The molecule has 0 aliphatic heterocycles. The Morgan fingerprint density at radius 2 is 1.94 bits per heavy atom. The molecule has 0 atom stereocenters. The van der Waals surface area contributed by atoms with Crippen molar-refractivity contribution in [2.45, 2.75) is 44.6 Å². The van der Waals surface area contributed by atoms with Crippen LogP contribution in [0.1, 0.15) is 49.0 Å². The summed E-state index contributed by atoms with van der Waals surface area (Å²) in [4.78, 5) is 18.2. The smallest absolute Gasteiger partial charge is 0.272 e. The second kappa shape index (κ2) is 5.80. The molecule has 1 fully saturated rings. The molecular weight excluding hydrogens is 212 g/mol. The highest BCUT2D eigenvalue weighted by Crippen LogP contribution is 2.21. The molecule has 0 aromatic carbocycles. The van der Waals surface area contributed by atoms with Gasteiger partial charge in [0, 0.05) is 19.3 Å². The van der Waals surface area contributed by atoms with Crippen molar-refractivity contribution in [3.63, 3.8) is 0 Å². The van der Waals surface area contributed by atoms with Gasteiger partial charge in [-0.2, -0.15) is 0 Å². The van der Waals surface area contributed by atoms with Gasteiger partial charge in [-0.25, -0.2) is 0 Å². The second-order valence-electron chi connectivity index (χ2n) is 4.78. The first-order valence-corrected chi connectivity index (χ1v) is 6.47. The third-order valence-corrected chi connectivity index (χ3v) is 3.58. The van der Waals surface area contributed by atoms with Crippen molar-refractivity contribution in [2.75, 3.05) is 7.05 Å². The van der Waals surface area contributed by atoms with Crippen molar-refractivity contribution in [3.8, 4) is 0 Å². The lowest BCUT2D eigenvalue weighted by molar-refractivity contribution is 0.0712. The van der Waals surface area contributed by atoms with Crippen LogP contribution in [0.3, 0.4) is 0 Å². The summed E-state index contributed by atoms with van der Waals surface area (Å²) in [6.07, 6.45) is 9.04. The van der Waals surface area contributed by atoms with Crippen LogP contribution in [0.15, 0.2) is 24.4 Å². The van der Waals surface area contributed by atoms with E-state index in [0.717, 1.165) is 12.8 Å². The van der Waals surface area contributed by atoms with Crippen molar-refractivity contribution in [1.29, 1.82) is 0 Å².